The molecule has 2 rings (SSSR count). The van der Waals surface area contributed by atoms with E-state index >= 15 is 0 Å². The van der Waals surface area contributed by atoms with Crippen molar-refractivity contribution in [3.05, 3.63) is 23.8 Å². The van der Waals surface area contributed by atoms with Crippen molar-refractivity contribution in [2.24, 2.45) is 17.8 Å². The molecule has 0 unspecified atom stereocenters. The lowest BCUT2D eigenvalue weighted by molar-refractivity contribution is -0.137. The first-order chi connectivity index (χ1) is 12.1. The number of aliphatic hydroxyl groups excluding tert-OH is 2. The Balaban J connectivity index is 1.76. The fourth-order valence-corrected chi connectivity index (χ4v) is 4.44. The van der Waals surface area contributed by atoms with Gasteiger partial charge in [0.25, 0.3) is 0 Å². The molecular formula is C21H34O4. The molecule has 4 atom stereocenters. The third-order valence-electron chi connectivity index (χ3n) is 5.78. The van der Waals surface area contributed by atoms with Crippen molar-refractivity contribution in [1.82, 2.24) is 0 Å². The summed E-state index contributed by atoms with van der Waals surface area (Å²) in [5.74, 6) is 0.568. The average Bonchev–Trinajstić information content (AvgIpc) is 2.88. The van der Waals surface area contributed by atoms with Crippen molar-refractivity contribution >= 4 is 5.97 Å². The summed E-state index contributed by atoms with van der Waals surface area (Å²) in [6.45, 7) is 0.291. The molecule has 0 radical (unpaired) electrons. The molecule has 0 aromatic rings. The van der Waals surface area contributed by atoms with Gasteiger partial charge in [0.2, 0.25) is 0 Å². The van der Waals surface area contributed by atoms with E-state index in [0.29, 0.717) is 18.4 Å². The van der Waals surface area contributed by atoms with E-state index in [2.05, 4.69) is 18.2 Å². The molecule has 1 saturated carbocycles. The summed E-state index contributed by atoms with van der Waals surface area (Å²) in [4.78, 5) is 10.6. The van der Waals surface area contributed by atoms with Crippen LogP contribution >= 0.6 is 0 Å². The molecule has 1 fully saturated rings. The van der Waals surface area contributed by atoms with Crippen LogP contribution in [0.1, 0.15) is 70.6 Å². The smallest absolute Gasteiger partial charge is 0.303 e. The van der Waals surface area contributed by atoms with Crippen LogP contribution in [0, 0.1) is 17.8 Å². The number of carbonyl (C=O) groups is 1. The first kappa shape index (κ1) is 20.2. The van der Waals surface area contributed by atoms with Gasteiger partial charge in [-0.3, -0.25) is 4.79 Å². The Labute approximate surface area is 151 Å². The Hall–Kier alpha value is -1.13. The Kier molecular flexibility index (Phi) is 8.70. The lowest BCUT2D eigenvalue weighted by Gasteiger charge is -2.27. The number of unbranched alkanes of at least 4 members (excludes halogenated alkanes) is 4. The summed E-state index contributed by atoms with van der Waals surface area (Å²) in [6.07, 6.45) is 16.8. The number of carboxylic acids is 1. The predicted octanol–water partition coefficient (Wildman–Crippen LogP) is 4.07. The minimum Gasteiger partial charge on any atom is -0.481 e. The van der Waals surface area contributed by atoms with E-state index in [1.54, 1.807) is 0 Å². The van der Waals surface area contributed by atoms with Crippen LogP contribution in [0.3, 0.4) is 0 Å². The molecule has 0 aliphatic heterocycles. The molecule has 0 aromatic heterocycles. The van der Waals surface area contributed by atoms with Gasteiger partial charge < -0.3 is 15.3 Å². The predicted molar refractivity (Wildman–Crippen MR) is 99.2 cm³/mol. The van der Waals surface area contributed by atoms with Crippen molar-refractivity contribution in [2.45, 2.75) is 76.7 Å². The Morgan fingerprint density at radius 2 is 2.00 bits per heavy atom. The third-order valence-corrected chi connectivity index (χ3v) is 5.78. The SMILES string of the molecule is O=C(O)CCCC1=C[C@@H]2C[C@H](O)[C@@H](C=CCCCCCCO)[C@H]2CC1. The molecule has 4 nitrogen and oxygen atoms in total. The van der Waals surface area contributed by atoms with Gasteiger partial charge in [-0.25, -0.2) is 0 Å². The monoisotopic (exact) mass is 350 g/mol. The van der Waals surface area contributed by atoms with E-state index in [9.17, 15) is 9.90 Å². The molecular weight excluding hydrogens is 316 g/mol. The molecule has 25 heavy (non-hydrogen) atoms. The molecule has 0 saturated heterocycles. The van der Waals surface area contributed by atoms with Crippen LogP contribution in [0.5, 0.6) is 0 Å². The number of aliphatic carboxylic acids is 1. The topological polar surface area (TPSA) is 77.8 Å². The standard InChI is InChI=1S/C21H34O4/c22-13-6-4-2-1-3-5-9-19-18-12-11-16(8-7-10-21(24)25)14-17(18)15-20(19)23/h5,9,14,17-20,22-23H,1-4,6-8,10-13,15H2,(H,24,25)/t17-,18+,19+,20+/m1/s1. The van der Waals surface area contributed by atoms with E-state index in [1.165, 1.54) is 5.57 Å². The molecule has 0 amide bonds. The Bertz CT molecular complexity index is 469. The molecule has 2 aliphatic rings. The van der Waals surface area contributed by atoms with Crippen LogP contribution in [-0.2, 0) is 4.79 Å². The van der Waals surface area contributed by atoms with Gasteiger partial charge in [0.1, 0.15) is 0 Å². The fraction of sp³-hybridized carbons (Fsp3) is 0.762. The summed E-state index contributed by atoms with van der Waals surface area (Å²) in [5, 5.41) is 28.0. The minimum atomic E-state index is -0.716. The summed E-state index contributed by atoms with van der Waals surface area (Å²) < 4.78 is 0. The second-order valence-electron chi connectivity index (χ2n) is 7.67. The molecule has 0 aromatic carbocycles. The van der Waals surface area contributed by atoms with E-state index in [0.717, 1.165) is 64.2 Å². The maximum atomic E-state index is 10.6. The number of rotatable bonds is 11. The summed E-state index contributed by atoms with van der Waals surface area (Å²) in [7, 11) is 0. The van der Waals surface area contributed by atoms with Crippen LogP contribution in [0.2, 0.25) is 0 Å². The van der Waals surface area contributed by atoms with E-state index in [-0.39, 0.29) is 18.4 Å². The quantitative estimate of drug-likeness (QED) is 0.388. The van der Waals surface area contributed by atoms with Gasteiger partial charge >= 0.3 is 5.97 Å². The van der Waals surface area contributed by atoms with Gasteiger partial charge in [0.15, 0.2) is 0 Å². The summed E-state index contributed by atoms with van der Waals surface area (Å²) >= 11 is 0. The fourth-order valence-electron chi connectivity index (χ4n) is 4.44. The Morgan fingerprint density at radius 3 is 2.76 bits per heavy atom. The molecule has 0 spiro atoms. The van der Waals surface area contributed by atoms with Gasteiger partial charge in [-0.2, -0.15) is 0 Å². The first-order valence-electron chi connectivity index (χ1n) is 9.98. The number of allylic oxidation sites excluding steroid dienone is 3. The number of fused-ring (bicyclic) bond motifs is 1. The summed E-state index contributed by atoms with van der Waals surface area (Å²) in [5.41, 5.74) is 1.39. The van der Waals surface area contributed by atoms with Gasteiger partial charge in [0.05, 0.1) is 6.10 Å². The maximum Gasteiger partial charge on any atom is 0.303 e. The molecule has 142 valence electrons. The largest absolute Gasteiger partial charge is 0.481 e. The highest BCUT2D eigenvalue weighted by Gasteiger charge is 2.41. The van der Waals surface area contributed by atoms with Crippen LogP contribution in [-0.4, -0.2) is 34.0 Å². The van der Waals surface area contributed by atoms with Crippen LogP contribution < -0.4 is 0 Å². The van der Waals surface area contributed by atoms with E-state index in [4.69, 9.17) is 10.2 Å². The van der Waals surface area contributed by atoms with E-state index < -0.39 is 5.97 Å². The number of hydrogen-bond acceptors (Lipinski definition) is 3. The zero-order valence-electron chi connectivity index (χ0n) is 15.3. The molecule has 3 N–H and O–H groups in total. The number of aliphatic hydroxyl groups is 2. The molecule has 4 heteroatoms. The average molecular weight is 350 g/mol. The van der Waals surface area contributed by atoms with Crippen molar-refractivity contribution in [2.75, 3.05) is 6.61 Å². The van der Waals surface area contributed by atoms with Crippen molar-refractivity contribution < 1.29 is 20.1 Å². The van der Waals surface area contributed by atoms with Crippen LogP contribution in [0.4, 0.5) is 0 Å². The molecule has 0 bridgehead atoms. The zero-order valence-corrected chi connectivity index (χ0v) is 15.3. The van der Waals surface area contributed by atoms with Crippen LogP contribution in [0.25, 0.3) is 0 Å². The van der Waals surface area contributed by atoms with Crippen molar-refractivity contribution in [1.29, 1.82) is 0 Å². The Morgan fingerprint density at radius 1 is 1.20 bits per heavy atom. The van der Waals surface area contributed by atoms with Crippen LogP contribution in [0.15, 0.2) is 23.8 Å². The van der Waals surface area contributed by atoms with Gasteiger partial charge in [-0.05, 0) is 63.2 Å². The van der Waals surface area contributed by atoms with Gasteiger partial charge in [0, 0.05) is 18.9 Å². The van der Waals surface area contributed by atoms with Crippen molar-refractivity contribution in [3.8, 4) is 0 Å². The highest BCUT2D eigenvalue weighted by Crippen LogP contribution is 2.46. The highest BCUT2D eigenvalue weighted by molar-refractivity contribution is 5.66. The van der Waals surface area contributed by atoms with Gasteiger partial charge in [-0.15, -0.1) is 0 Å². The number of hydrogen-bond donors (Lipinski definition) is 3. The third kappa shape index (κ3) is 6.59. The molecule has 2 aliphatic carbocycles. The lowest BCUT2D eigenvalue weighted by atomic mass is 9.78. The second-order valence-corrected chi connectivity index (χ2v) is 7.67. The lowest BCUT2D eigenvalue weighted by Crippen LogP contribution is -2.20. The number of carboxylic acid groups (broad SMARTS) is 1. The van der Waals surface area contributed by atoms with Crippen molar-refractivity contribution in [3.63, 3.8) is 0 Å². The zero-order chi connectivity index (χ0) is 18.1. The molecule has 0 heterocycles. The van der Waals surface area contributed by atoms with Gasteiger partial charge in [-0.1, -0.05) is 36.6 Å². The minimum absolute atomic E-state index is 0.241. The first-order valence-corrected chi connectivity index (χ1v) is 9.98. The maximum absolute atomic E-state index is 10.6. The summed E-state index contributed by atoms with van der Waals surface area (Å²) in [6, 6.07) is 0. The highest BCUT2D eigenvalue weighted by atomic mass is 16.4. The normalized spacial score (nSPS) is 29.0. The van der Waals surface area contributed by atoms with E-state index in [1.807, 2.05) is 0 Å². The second kappa shape index (κ2) is 10.8.